The predicted octanol–water partition coefficient (Wildman–Crippen LogP) is -1.05. The lowest BCUT2D eigenvalue weighted by atomic mass is 10.2. The second-order valence-electron chi connectivity index (χ2n) is 3.01. The fourth-order valence-corrected chi connectivity index (χ4v) is 1.10. The van der Waals surface area contributed by atoms with Crippen molar-refractivity contribution >= 4 is 23.9 Å². The molecule has 0 aliphatic carbocycles. The van der Waals surface area contributed by atoms with Crippen LogP contribution < -0.4 is 16.6 Å². The predicted molar refractivity (Wildman–Crippen MR) is 65.0 cm³/mol. The van der Waals surface area contributed by atoms with Crippen LogP contribution in [0.4, 0.5) is 5.69 Å². The van der Waals surface area contributed by atoms with Crippen LogP contribution in [0.2, 0.25) is 0 Å². The Balaban J connectivity index is 2.81. The summed E-state index contributed by atoms with van der Waals surface area (Å²) < 4.78 is 0. The Morgan fingerprint density at radius 2 is 2.12 bits per heavy atom. The van der Waals surface area contributed by atoms with Crippen LogP contribution in [0.1, 0.15) is 5.56 Å². The number of allylic oxidation sites excluding steroid dienone is 1. The summed E-state index contributed by atoms with van der Waals surface area (Å²) in [5.41, 5.74) is 10.7. The first kappa shape index (κ1) is 12.4. The van der Waals surface area contributed by atoms with Crippen molar-refractivity contribution in [3.63, 3.8) is 0 Å². The van der Waals surface area contributed by atoms with Gasteiger partial charge in [0.2, 0.25) is 0 Å². The van der Waals surface area contributed by atoms with Crippen molar-refractivity contribution in [1.82, 2.24) is 0 Å². The number of hydrazone groups is 1. The Kier molecular flexibility index (Phi) is 4.37. The number of nitro groups is 1. The van der Waals surface area contributed by atoms with E-state index in [9.17, 15) is 10.1 Å². The Morgan fingerprint density at radius 3 is 2.76 bits per heavy atom. The molecule has 0 aliphatic rings. The maximum absolute atomic E-state index is 10.7. The van der Waals surface area contributed by atoms with Crippen molar-refractivity contribution in [3.8, 4) is 0 Å². The summed E-state index contributed by atoms with van der Waals surface area (Å²) in [6.07, 6.45) is 4.60. The molecule has 7 heteroatoms. The van der Waals surface area contributed by atoms with Crippen molar-refractivity contribution in [2.75, 3.05) is 0 Å². The topological polar surface area (TPSA) is 122 Å². The SMILES string of the molecule is NC(N)=N/[NH+]=C\C=C\c1ccccc1[N+](=O)[O-]. The molecule has 7 nitrogen and oxygen atoms in total. The molecular formula is C10H12N5O2+. The normalized spacial score (nSPS) is 10.8. The van der Waals surface area contributed by atoms with Gasteiger partial charge in [0.05, 0.1) is 10.5 Å². The summed E-state index contributed by atoms with van der Waals surface area (Å²) in [6.45, 7) is 0. The monoisotopic (exact) mass is 234 g/mol. The van der Waals surface area contributed by atoms with Gasteiger partial charge in [-0.25, -0.2) is 0 Å². The molecular weight excluding hydrogens is 222 g/mol. The van der Waals surface area contributed by atoms with Crippen molar-refractivity contribution in [2.45, 2.75) is 0 Å². The molecule has 0 unspecified atom stereocenters. The summed E-state index contributed by atoms with van der Waals surface area (Å²) in [5, 5.41) is 16.6. The molecule has 0 fully saturated rings. The van der Waals surface area contributed by atoms with E-state index in [2.05, 4.69) is 10.2 Å². The summed E-state index contributed by atoms with van der Waals surface area (Å²) in [7, 11) is 0. The van der Waals surface area contributed by atoms with E-state index in [0.29, 0.717) is 5.56 Å². The highest BCUT2D eigenvalue weighted by molar-refractivity contribution is 5.77. The van der Waals surface area contributed by atoms with Crippen LogP contribution in [-0.2, 0) is 0 Å². The first-order valence-corrected chi connectivity index (χ1v) is 4.68. The third kappa shape index (κ3) is 4.12. The number of hydrogen-bond donors (Lipinski definition) is 3. The number of hydrogen-bond acceptors (Lipinski definition) is 3. The first-order chi connectivity index (χ1) is 8.11. The number of nitrogens with two attached hydrogens (primary N) is 2. The molecule has 0 aromatic heterocycles. The van der Waals surface area contributed by atoms with E-state index < -0.39 is 4.92 Å². The summed E-state index contributed by atoms with van der Waals surface area (Å²) in [5.74, 6) is -0.0969. The van der Waals surface area contributed by atoms with Gasteiger partial charge in [0.25, 0.3) is 11.6 Å². The van der Waals surface area contributed by atoms with Gasteiger partial charge in [-0.15, -0.1) is 5.10 Å². The molecule has 88 valence electrons. The number of nitrogens with zero attached hydrogens (tertiary/aromatic N) is 2. The highest BCUT2D eigenvalue weighted by Crippen LogP contribution is 2.18. The van der Waals surface area contributed by atoms with Crippen molar-refractivity contribution in [3.05, 3.63) is 46.0 Å². The molecule has 17 heavy (non-hydrogen) atoms. The van der Waals surface area contributed by atoms with E-state index in [4.69, 9.17) is 11.5 Å². The average Bonchev–Trinajstić information content (AvgIpc) is 2.28. The largest absolute Gasteiger partial charge is 0.365 e. The van der Waals surface area contributed by atoms with E-state index in [-0.39, 0.29) is 11.6 Å². The molecule has 0 radical (unpaired) electrons. The Bertz CT molecular complexity index is 489. The van der Waals surface area contributed by atoms with Crippen LogP contribution in [-0.4, -0.2) is 17.1 Å². The molecule has 0 saturated carbocycles. The summed E-state index contributed by atoms with van der Waals surface area (Å²) in [4.78, 5) is 10.2. The second-order valence-corrected chi connectivity index (χ2v) is 3.01. The maximum atomic E-state index is 10.7. The standard InChI is InChI=1S/C10H11N5O2/c11-10(12)14-13-7-3-5-8-4-1-2-6-9(8)15(16)17/h1-7H,(H4,11,12,14)/p+1/b5-3+,13-7-. The number of para-hydroxylation sites is 1. The molecule has 0 aliphatic heterocycles. The van der Waals surface area contributed by atoms with Gasteiger partial charge in [-0.05, 0) is 12.1 Å². The number of benzene rings is 1. The summed E-state index contributed by atoms with van der Waals surface area (Å²) >= 11 is 0. The number of nitrogens with one attached hydrogen (secondary N) is 1. The zero-order valence-electron chi connectivity index (χ0n) is 8.91. The Labute approximate surface area is 97.3 Å². The van der Waals surface area contributed by atoms with Crippen LogP contribution in [0.5, 0.6) is 0 Å². The minimum atomic E-state index is -0.441. The van der Waals surface area contributed by atoms with Crippen LogP contribution in [0.15, 0.2) is 35.4 Å². The van der Waals surface area contributed by atoms with Crippen molar-refractivity contribution in [2.24, 2.45) is 16.6 Å². The quantitative estimate of drug-likeness (QED) is 0.266. The van der Waals surface area contributed by atoms with Gasteiger partial charge in [-0.1, -0.05) is 12.1 Å². The van der Waals surface area contributed by atoms with Crippen LogP contribution in [0.3, 0.4) is 0 Å². The van der Waals surface area contributed by atoms with E-state index in [1.165, 1.54) is 12.3 Å². The van der Waals surface area contributed by atoms with E-state index in [0.717, 1.165) is 0 Å². The van der Waals surface area contributed by atoms with Gasteiger partial charge < -0.3 is 11.5 Å². The van der Waals surface area contributed by atoms with Crippen LogP contribution in [0, 0.1) is 10.1 Å². The third-order valence-electron chi connectivity index (χ3n) is 1.77. The number of guanidine groups is 1. The van der Waals surface area contributed by atoms with Crippen LogP contribution in [0.25, 0.3) is 6.08 Å². The zero-order valence-corrected chi connectivity index (χ0v) is 8.91. The third-order valence-corrected chi connectivity index (χ3v) is 1.77. The lowest BCUT2D eigenvalue weighted by molar-refractivity contribution is -0.456. The number of rotatable bonds is 4. The van der Waals surface area contributed by atoms with Crippen molar-refractivity contribution in [1.29, 1.82) is 0 Å². The first-order valence-electron chi connectivity index (χ1n) is 4.68. The maximum Gasteiger partial charge on any atom is 0.276 e. The lowest BCUT2D eigenvalue weighted by Crippen LogP contribution is -2.63. The molecule has 1 aromatic rings. The smallest absolute Gasteiger partial charge is 0.276 e. The van der Waals surface area contributed by atoms with E-state index >= 15 is 0 Å². The van der Waals surface area contributed by atoms with Crippen LogP contribution >= 0.6 is 0 Å². The minimum Gasteiger partial charge on any atom is -0.365 e. The fraction of sp³-hybridized carbons (Fsp3) is 0. The Hall–Kier alpha value is -2.70. The van der Waals surface area contributed by atoms with E-state index in [1.807, 2.05) is 0 Å². The highest BCUT2D eigenvalue weighted by atomic mass is 16.6. The average molecular weight is 234 g/mol. The minimum absolute atomic E-state index is 0.0407. The van der Waals surface area contributed by atoms with Crippen molar-refractivity contribution < 1.29 is 10.0 Å². The van der Waals surface area contributed by atoms with Gasteiger partial charge in [-0.3, -0.25) is 10.1 Å². The summed E-state index contributed by atoms with van der Waals surface area (Å²) in [6, 6.07) is 6.40. The van der Waals surface area contributed by atoms with Gasteiger partial charge in [0.1, 0.15) is 0 Å². The second kappa shape index (κ2) is 6.01. The number of nitro benzene ring substituents is 1. The van der Waals surface area contributed by atoms with Gasteiger partial charge >= 0.3 is 0 Å². The highest BCUT2D eigenvalue weighted by Gasteiger charge is 2.08. The van der Waals surface area contributed by atoms with Gasteiger partial charge in [0.15, 0.2) is 6.21 Å². The lowest BCUT2D eigenvalue weighted by Gasteiger charge is -1.94. The molecule has 1 aromatic carbocycles. The molecule has 0 spiro atoms. The molecule has 1 rings (SSSR count). The van der Waals surface area contributed by atoms with Gasteiger partial charge in [0, 0.05) is 17.2 Å². The molecule has 5 N–H and O–H groups in total. The molecule has 0 heterocycles. The molecule has 0 atom stereocenters. The zero-order chi connectivity index (χ0) is 12.7. The molecule has 0 bridgehead atoms. The Morgan fingerprint density at radius 1 is 1.41 bits per heavy atom. The molecule has 0 amide bonds. The molecule has 0 saturated heterocycles. The van der Waals surface area contributed by atoms with E-state index in [1.54, 1.807) is 30.4 Å². The fourth-order valence-electron chi connectivity index (χ4n) is 1.10. The van der Waals surface area contributed by atoms with Gasteiger partial charge in [-0.2, -0.15) is 0 Å².